The van der Waals surface area contributed by atoms with Gasteiger partial charge in [0, 0.05) is 33.8 Å². The standard InChI is InChI=1S/C22H26BrNO3/c1-5-10-27-21(26)18-13(2)24-16-11-22(3,4)12-17(25)20(16)19(18)14-8-6-7-9-15(14)23/h6-9,19,24H,5,10-12H2,1-4H3. The fourth-order valence-corrected chi connectivity index (χ4v) is 4.51. The quantitative estimate of drug-likeness (QED) is 0.680. The van der Waals surface area contributed by atoms with Gasteiger partial charge >= 0.3 is 5.97 Å². The summed E-state index contributed by atoms with van der Waals surface area (Å²) in [4.78, 5) is 26.0. The Morgan fingerprint density at radius 3 is 2.67 bits per heavy atom. The molecule has 0 spiro atoms. The van der Waals surface area contributed by atoms with E-state index < -0.39 is 5.92 Å². The summed E-state index contributed by atoms with van der Waals surface area (Å²) in [6.45, 7) is 8.43. The van der Waals surface area contributed by atoms with Crippen LogP contribution in [0, 0.1) is 5.41 Å². The Balaban J connectivity index is 2.16. The van der Waals surface area contributed by atoms with E-state index in [1.54, 1.807) is 0 Å². The van der Waals surface area contributed by atoms with Crippen LogP contribution in [0.25, 0.3) is 0 Å². The van der Waals surface area contributed by atoms with Gasteiger partial charge in [0.15, 0.2) is 5.78 Å². The zero-order valence-electron chi connectivity index (χ0n) is 16.3. The first-order valence-electron chi connectivity index (χ1n) is 9.40. The predicted octanol–water partition coefficient (Wildman–Crippen LogP) is 5.01. The molecule has 1 heterocycles. The highest BCUT2D eigenvalue weighted by Gasteiger charge is 2.43. The van der Waals surface area contributed by atoms with Crippen LogP contribution < -0.4 is 5.32 Å². The van der Waals surface area contributed by atoms with Gasteiger partial charge in [0.05, 0.1) is 12.2 Å². The lowest BCUT2D eigenvalue weighted by Crippen LogP contribution is -2.38. The van der Waals surface area contributed by atoms with Crippen molar-refractivity contribution in [1.29, 1.82) is 0 Å². The van der Waals surface area contributed by atoms with Crippen LogP contribution >= 0.6 is 15.9 Å². The number of benzene rings is 1. The molecule has 1 atom stereocenters. The van der Waals surface area contributed by atoms with Crippen LogP contribution in [-0.4, -0.2) is 18.4 Å². The maximum absolute atomic E-state index is 13.1. The van der Waals surface area contributed by atoms with E-state index >= 15 is 0 Å². The zero-order chi connectivity index (χ0) is 19.8. The van der Waals surface area contributed by atoms with E-state index in [1.165, 1.54) is 0 Å². The molecule has 5 heteroatoms. The van der Waals surface area contributed by atoms with Crippen LogP contribution in [0.4, 0.5) is 0 Å². The van der Waals surface area contributed by atoms with Crippen LogP contribution in [0.15, 0.2) is 51.3 Å². The van der Waals surface area contributed by atoms with Crippen molar-refractivity contribution in [3.05, 3.63) is 56.8 Å². The lowest BCUT2D eigenvalue weighted by molar-refractivity contribution is -0.139. The predicted molar refractivity (Wildman–Crippen MR) is 109 cm³/mol. The fourth-order valence-electron chi connectivity index (χ4n) is 4.00. The number of rotatable bonds is 4. The molecule has 0 radical (unpaired) electrons. The SMILES string of the molecule is CCCOC(=O)C1=C(C)NC2=C(C(=O)CC(C)(C)C2)C1c1ccccc1Br. The van der Waals surface area contributed by atoms with E-state index in [9.17, 15) is 9.59 Å². The summed E-state index contributed by atoms with van der Waals surface area (Å²) in [5.74, 6) is -0.667. The number of dihydropyridines is 1. The second-order valence-corrected chi connectivity index (χ2v) is 8.94. The van der Waals surface area contributed by atoms with Gasteiger partial charge in [-0.1, -0.05) is 54.9 Å². The van der Waals surface area contributed by atoms with Crippen LogP contribution in [0.2, 0.25) is 0 Å². The fraction of sp³-hybridized carbons (Fsp3) is 0.455. The molecule has 1 unspecified atom stereocenters. The lowest BCUT2D eigenvalue weighted by atomic mass is 9.68. The minimum atomic E-state index is -0.412. The molecular formula is C22H26BrNO3. The molecule has 144 valence electrons. The third-order valence-electron chi connectivity index (χ3n) is 5.11. The van der Waals surface area contributed by atoms with E-state index in [4.69, 9.17) is 4.74 Å². The number of carbonyl (C=O) groups is 2. The molecule has 27 heavy (non-hydrogen) atoms. The van der Waals surface area contributed by atoms with E-state index in [0.717, 1.165) is 34.3 Å². The van der Waals surface area contributed by atoms with E-state index in [1.807, 2.05) is 38.1 Å². The largest absolute Gasteiger partial charge is 0.462 e. The summed E-state index contributed by atoms with van der Waals surface area (Å²) in [7, 11) is 0. The smallest absolute Gasteiger partial charge is 0.336 e. The van der Waals surface area contributed by atoms with Crippen molar-refractivity contribution in [1.82, 2.24) is 5.32 Å². The normalized spacial score (nSPS) is 21.7. The summed E-state index contributed by atoms with van der Waals surface area (Å²) in [6.07, 6.45) is 2.01. The highest BCUT2D eigenvalue weighted by molar-refractivity contribution is 9.10. The molecule has 2 aliphatic rings. The number of ether oxygens (including phenoxy) is 1. The van der Waals surface area contributed by atoms with Gasteiger partial charge in [0.2, 0.25) is 0 Å². The summed E-state index contributed by atoms with van der Waals surface area (Å²) in [5, 5.41) is 3.35. The molecular weight excluding hydrogens is 406 g/mol. The van der Waals surface area contributed by atoms with Crippen molar-refractivity contribution < 1.29 is 14.3 Å². The maximum Gasteiger partial charge on any atom is 0.336 e. The van der Waals surface area contributed by atoms with Crippen molar-refractivity contribution in [3.8, 4) is 0 Å². The molecule has 4 nitrogen and oxygen atoms in total. The average molecular weight is 432 g/mol. The van der Waals surface area contributed by atoms with Gasteiger partial charge < -0.3 is 10.1 Å². The maximum atomic E-state index is 13.1. The van der Waals surface area contributed by atoms with Crippen LogP contribution in [0.3, 0.4) is 0 Å². The molecule has 1 N–H and O–H groups in total. The van der Waals surface area contributed by atoms with Gasteiger partial charge in [-0.3, -0.25) is 4.79 Å². The van der Waals surface area contributed by atoms with Crippen molar-refractivity contribution in [2.24, 2.45) is 5.41 Å². The lowest BCUT2D eigenvalue weighted by Gasteiger charge is -2.39. The van der Waals surface area contributed by atoms with Crippen LogP contribution in [0.1, 0.15) is 58.4 Å². The van der Waals surface area contributed by atoms with E-state index in [0.29, 0.717) is 24.2 Å². The molecule has 0 amide bonds. The first-order chi connectivity index (χ1) is 12.7. The Morgan fingerprint density at radius 2 is 2.00 bits per heavy atom. The number of carbonyl (C=O) groups excluding carboxylic acids is 2. The Hall–Kier alpha value is -1.88. The Bertz CT molecular complexity index is 851. The first kappa shape index (κ1) is 19.9. The van der Waals surface area contributed by atoms with Crippen molar-refractivity contribution in [2.75, 3.05) is 6.61 Å². The van der Waals surface area contributed by atoms with E-state index in [-0.39, 0.29) is 17.2 Å². The number of hydrogen-bond donors (Lipinski definition) is 1. The van der Waals surface area contributed by atoms with Crippen molar-refractivity contribution >= 4 is 27.7 Å². The Morgan fingerprint density at radius 1 is 1.30 bits per heavy atom. The molecule has 1 aliphatic heterocycles. The number of ketones is 1. The number of esters is 1. The highest BCUT2D eigenvalue weighted by Crippen LogP contribution is 2.48. The number of Topliss-reactive ketones (excluding diaryl/α,β-unsaturated/α-hetero) is 1. The minimum Gasteiger partial charge on any atom is -0.462 e. The van der Waals surface area contributed by atoms with Gasteiger partial charge in [-0.05, 0) is 36.8 Å². The van der Waals surface area contributed by atoms with Crippen LogP contribution in [0.5, 0.6) is 0 Å². The summed E-state index contributed by atoms with van der Waals surface area (Å²) < 4.78 is 6.35. The third-order valence-corrected chi connectivity index (χ3v) is 5.84. The number of hydrogen-bond acceptors (Lipinski definition) is 4. The zero-order valence-corrected chi connectivity index (χ0v) is 17.9. The molecule has 1 aromatic carbocycles. The van der Waals surface area contributed by atoms with Gasteiger partial charge in [-0.25, -0.2) is 4.79 Å². The summed E-state index contributed by atoms with van der Waals surface area (Å²) >= 11 is 3.61. The first-order valence-corrected chi connectivity index (χ1v) is 10.2. The van der Waals surface area contributed by atoms with E-state index in [2.05, 4.69) is 35.1 Å². The van der Waals surface area contributed by atoms with Crippen LogP contribution in [-0.2, 0) is 14.3 Å². The highest BCUT2D eigenvalue weighted by atomic mass is 79.9. The summed E-state index contributed by atoms with van der Waals surface area (Å²) in [6, 6.07) is 7.78. The monoisotopic (exact) mass is 431 g/mol. The molecule has 1 aliphatic carbocycles. The molecule has 0 bridgehead atoms. The number of halogens is 1. The van der Waals surface area contributed by atoms with Gasteiger partial charge in [0.1, 0.15) is 0 Å². The van der Waals surface area contributed by atoms with Gasteiger partial charge in [-0.15, -0.1) is 0 Å². The topological polar surface area (TPSA) is 55.4 Å². The second-order valence-electron chi connectivity index (χ2n) is 8.09. The van der Waals surface area contributed by atoms with Crippen molar-refractivity contribution in [2.45, 2.75) is 52.9 Å². The summed E-state index contributed by atoms with van der Waals surface area (Å²) in [5.41, 5.74) is 3.75. The van der Waals surface area contributed by atoms with Gasteiger partial charge in [-0.2, -0.15) is 0 Å². The minimum absolute atomic E-state index is 0.0953. The number of allylic oxidation sites excluding steroid dienone is 3. The molecule has 0 saturated carbocycles. The second kappa shape index (κ2) is 7.63. The molecule has 0 saturated heterocycles. The molecule has 1 aromatic rings. The van der Waals surface area contributed by atoms with Gasteiger partial charge in [0.25, 0.3) is 0 Å². The molecule has 3 rings (SSSR count). The molecule has 0 fully saturated rings. The average Bonchev–Trinajstić information content (AvgIpc) is 2.57. The number of nitrogens with one attached hydrogen (secondary N) is 1. The third kappa shape index (κ3) is 3.88. The Kier molecular flexibility index (Phi) is 5.61. The Labute approximate surface area is 169 Å². The van der Waals surface area contributed by atoms with Crippen molar-refractivity contribution in [3.63, 3.8) is 0 Å². The molecule has 0 aromatic heterocycles.